The Kier molecular flexibility index (Phi) is 4.01. The molecule has 3 N–H and O–H groups in total. The summed E-state index contributed by atoms with van der Waals surface area (Å²) in [5.41, 5.74) is 5.81. The number of aromatic nitrogens is 3. The van der Waals surface area contributed by atoms with Gasteiger partial charge in [-0.3, -0.25) is 9.78 Å². The van der Waals surface area contributed by atoms with E-state index < -0.39 is 5.82 Å². The lowest BCUT2D eigenvalue weighted by Gasteiger charge is -2.19. The maximum atomic E-state index is 15.1. The minimum absolute atomic E-state index is 0.202. The van der Waals surface area contributed by atoms with Gasteiger partial charge in [-0.15, -0.1) is 0 Å². The first-order chi connectivity index (χ1) is 15.6. The number of hydrogen-bond acceptors (Lipinski definition) is 5. The van der Waals surface area contributed by atoms with Gasteiger partial charge in [-0.2, -0.15) is 0 Å². The van der Waals surface area contributed by atoms with Crippen molar-refractivity contribution in [3.8, 4) is 17.0 Å². The number of H-pyrrole nitrogens is 1. The predicted molar refractivity (Wildman–Crippen MR) is 121 cm³/mol. The van der Waals surface area contributed by atoms with Crippen LogP contribution in [0.25, 0.3) is 33.7 Å². The first-order valence-corrected chi connectivity index (χ1v) is 10.2. The molecule has 0 atom stereocenters. The van der Waals surface area contributed by atoms with E-state index in [1.54, 1.807) is 24.7 Å². The molecule has 0 saturated heterocycles. The molecule has 0 saturated carbocycles. The first-order valence-electron chi connectivity index (χ1n) is 10.2. The molecule has 2 aliphatic heterocycles. The predicted octanol–water partition coefficient (Wildman–Crippen LogP) is 4.37. The molecule has 0 unspecified atom stereocenters. The summed E-state index contributed by atoms with van der Waals surface area (Å²) in [6, 6.07) is 7.12. The van der Waals surface area contributed by atoms with Gasteiger partial charge < -0.3 is 20.4 Å². The number of aromatic amines is 1. The Balaban J connectivity index is 1.50. The van der Waals surface area contributed by atoms with Crippen LogP contribution >= 0.6 is 0 Å². The fraction of sp³-hybridized carbons (Fsp3) is 0.125. The SMILES string of the molecule is Cc1c(-c2cnc3c(c2)NCCO3)cc(F)c2c1C(=Cc1cc3cnccc3[nH]1)C(=O)N2. The summed E-state index contributed by atoms with van der Waals surface area (Å²) in [5.74, 6) is -0.292. The highest BCUT2D eigenvalue weighted by atomic mass is 19.1. The van der Waals surface area contributed by atoms with Crippen LogP contribution in [0.5, 0.6) is 5.88 Å². The molecule has 0 bridgehead atoms. The Morgan fingerprint density at radius 2 is 2.12 bits per heavy atom. The van der Waals surface area contributed by atoms with Gasteiger partial charge in [0.25, 0.3) is 5.91 Å². The van der Waals surface area contributed by atoms with Crippen LogP contribution in [0.4, 0.5) is 15.8 Å². The lowest BCUT2D eigenvalue weighted by atomic mass is 9.92. The second-order valence-electron chi connectivity index (χ2n) is 7.83. The van der Waals surface area contributed by atoms with E-state index >= 15 is 4.39 Å². The smallest absolute Gasteiger partial charge is 0.256 e. The minimum Gasteiger partial charge on any atom is -0.474 e. The number of anilines is 2. The van der Waals surface area contributed by atoms with Gasteiger partial charge in [0.1, 0.15) is 12.4 Å². The van der Waals surface area contributed by atoms with Crippen LogP contribution in [0, 0.1) is 12.7 Å². The fourth-order valence-electron chi connectivity index (χ4n) is 4.34. The van der Waals surface area contributed by atoms with Crippen molar-refractivity contribution in [2.75, 3.05) is 23.8 Å². The Bertz CT molecular complexity index is 1420. The van der Waals surface area contributed by atoms with Gasteiger partial charge in [0.2, 0.25) is 5.88 Å². The molecule has 4 aromatic rings. The lowest BCUT2D eigenvalue weighted by molar-refractivity contribution is -0.110. The molecule has 5 heterocycles. The number of carbonyl (C=O) groups is 1. The monoisotopic (exact) mass is 427 g/mol. The number of fused-ring (bicyclic) bond motifs is 3. The van der Waals surface area contributed by atoms with E-state index in [-0.39, 0.29) is 11.6 Å². The van der Waals surface area contributed by atoms with E-state index in [1.807, 2.05) is 25.1 Å². The summed E-state index contributed by atoms with van der Waals surface area (Å²) in [6.45, 7) is 3.12. The second kappa shape index (κ2) is 6.91. The third kappa shape index (κ3) is 2.84. The normalized spacial score (nSPS) is 15.8. The van der Waals surface area contributed by atoms with Crippen LogP contribution in [0.2, 0.25) is 0 Å². The van der Waals surface area contributed by atoms with Crippen molar-refractivity contribution in [3.05, 3.63) is 65.5 Å². The van der Waals surface area contributed by atoms with Gasteiger partial charge in [0.05, 0.1) is 16.9 Å². The topological polar surface area (TPSA) is 91.9 Å². The second-order valence-corrected chi connectivity index (χ2v) is 7.83. The number of pyridine rings is 2. The van der Waals surface area contributed by atoms with Crippen LogP contribution in [0.15, 0.2) is 42.9 Å². The van der Waals surface area contributed by atoms with Gasteiger partial charge in [0, 0.05) is 52.9 Å². The summed E-state index contributed by atoms with van der Waals surface area (Å²) >= 11 is 0. The molecule has 0 fully saturated rings. The van der Waals surface area contributed by atoms with E-state index in [1.165, 1.54) is 6.07 Å². The fourth-order valence-corrected chi connectivity index (χ4v) is 4.34. The molecule has 3 aromatic heterocycles. The van der Waals surface area contributed by atoms with Crippen molar-refractivity contribution in [1.29, 1.82) is 0 Å². The van der Waals surface area contributed by atoms with Crippen LogP contribution in [-0.2, 0) is 4.79 Å². The van der Waals surface area contributed by atoms with Crippen molar-refractivity contribution < 1.29 is 13.9 Å². The number of rotatable bonds is 2. The number of benzene rings is 1. The molecule has 0 spiro atoms. The van der Waals surface area contributed by atoms with Gasteiger partial charge in [-0.05, 0) is 48.4 Å². The van der Waals surface area contributed by atoms with Crippen LogP contribution in [-0.4, -0.2) is 34.0 Å². The third-order valence-electron chi connectivity index (χ3n) is 5.85. The summed E-state index contributed by atoms with van der Waals surface area (Å²) in [4.78, 5) is 24.5. The lowest BCUT2D eigenvalue weighted by Crippen LogP contribution is -2.18. The number of nitrogens with one attached hydrogen (secondary N) is 3. The van der Waals surface area contributed by atoms with Crippen molar-refractivity contribution in [3.63, 3.8) is 0 Å². The number of amides is 1. The summed E-state index contributed by atoms with van der Waals surface area (Å²) < 4.78 is 20.6. The Morgan fingerprint density at radius 1 is 1.22 bits per heavy atom. The van der Waals surface area contributed by atoms with E-state index in [0.29, 0.717) is 35.7 Å². The van der Waals surface area contributed by atoms with Crippen LogP contribution in [0.3, 0.4) is 0 Å². The Labute approximate surface area is 182 Å². The van der Waals surface area contributed by atoms with Crippen LogP contribution < -0.4 is 15.4 Å². The van der Waals surface area contributed by atoms with E-state index in [2.05, 4.69) is 25.6 Å². The number of halogens is 1. The molecule has 7 nitrogen and oxygen atoms in total. The average Bonchev–Trinajstić information content (AvgIpc) is 3.37. The maximum absolute atomic E-state index is 15.1. The van der Waals surface area contributed by atoms with Gasteiger partial charge in [-0.25, -0.2) is 9.37 Å². The maximum Gasteiger partial charge on any atom is 0.256 e. The third-order valence-corrected chi connectivity index (χ3v) is 5.85. The summed E-state index contributed by atoms with van der Waals surface area (Å²) in [7, 11) is 0. The molecule has 2 aliphatic rings. The Hall–Kier alpha value is -4.20. The minimum atomic E-state index is -0.486. The summed E-state index contributed by atoms with van der Waals surface area (Å²) in [5, 5.41) is 6.87. The zero-order valence-corrected chi connectivity index (χ0v) is 17.1. The molecule has 0 aliphatic carbocycles. The zero-order chi connectivity index (χ0) is 21.8. The quantitative estimate of drug-likeness (QED) is 0.413. The van der Waals surface area contributed by atoms with Crippen molar-refractivity contribution in [2.24, 2.45) is 0 Å². The summed E-state index contributed by atoms with van der Waals surface area (Å²) in [6.07, 6.45) is 6.86. The zero-order valence-electron chi connectivity index (χ0n) is 17.1. The van der Waals surface area contributed by atoms with Crippen molar-refractivity contribution >= 4 is 39.8 Å². The Morgan fingerprint density at radius 3 is 3.00 bits per heavy atom. The molecule has 8 heteroatoms. The molecular weight excluding hydrogens is 409 g/mol. The molecular formula is C24H18FN5O2. The highest BCUT2D eigenvalue weighted by molar-refractivity contribution is 6.35. The molecule has 1 amide bonds. The highest BCUT2D eigenvalue weighted by Crippen LogP contribution is 2.42. The number of ether oxygens (including phenoxy) is 1. The van der Waals surface area contributed by atoms with E-state index in [4.69, 9.17) is 4.74 Å². The molecule has 32 heavy (non-hydrogen) atoms. The number of hydrogen-bond donors (Lipinski definition) is 3. The first kappa shape index (κ1) is 18.6. The van der Waals surface area contributed by atoms with Gasteiger partial charge in [0.15, 0.2) is 0 Å². The average molecular weight is 427 g/mol. The molecule has 1 aromatic carbocycles. The molecule has 158 valence electrons. The highest BCUT2D eigenvalue weighted by Gasteiger charge is 2.31. The molecule has 0 radical (unpaired) electrons. The van der Waals surface area contributed by atoms with E-state index in [0.717, 1.165) is 33.4 Å². The van der Waals surface area contributed by atoms with Crippen molar-refractivity contribution in [2.45, 2.75) is 6.92 Å². The largest absolute Gasteiger partial charge is 0.474 e. The van der Waals surface area contributed by atoms with Gasteiger partial charge >= 0.3 is 0 Å². The molecule has 6 rings (SSSR count). The number of carbonyl (C=O) groups excluding carboxylic acids is 1. The number of nitrogens with zero attached hydrogens (tertiary/aromatic N) is 2. The standard InChI is InChI=1S/C24H18FN5O2/c1-12-16(13-7-20-24(28-11-13)32-5-4-27-20)9-18(25)22-21(12)17(23(31)30-22)8-15-6-14-10-26-3-2-19(14)29-15/h2-3,6-11,27,29H,4-5H2,1H3,(H,30,31). The van der Waals surface area contributed by atoms with Crippen molar-refractivity contribution in [1.82, 2.24) is 15.0 Å². The van der Waals surface area contributed by atoms with E-state index in [9.17, 15) is 4.79 Å². The van der Waals surface area contributed by atoms with Gasteiger partial charge in [-0.1, -0.05) is 0 Å². The van der Waals surface area contributed by atoms with Crippen LogP contribution in [0.1, 0.15) is 16.8 Å².